The molecule has 0 bridgehead atoms. The number of carbonyl (C=O) groups is 1. The van der Waals surface area contributed by atoms with E-state index in [0.29, 0.717) is 0 Å². The molecule has 1 aromatic rings. The fourth-order valence-electron chi connectivity index (χ4n) is 1.29. The van der Waals surface area contributed by atoms with Crippen LogP contribution < -0.4 is 0 Å². The van der Waals surface area contributed by atoms with Gasteiger partial charge in [0.25, 0.3) is 0 Å². The zero-order valence-electron chi connectivity index (χ0n) is 8.69. The van der Waals surface area contributed by atoms with Crippen molar-refractivity contribution < 1.29 is 4.79 Å². The molecule has 0 fully saturated rings. The molecule has 0 spiro atoms. The van der Waals surface area contributed by atoms with Gasteiger partial charge in [-0.15, -0.1) is 11.8 Å². The lowest BCUT2D eigenvalue weighted by Crippen LogP contribution is -2.12. The van der Waals surface area contributed by atoms with Crippen molar-refractivity contribution in [3.05, 3.63) is 35.9 Å². The molecule has 1 aromatic carbocycles. The summed E-state index contributed by atoms with van der Waals surface area (Å²) in [6, 6.07) is 10.3. The second kappa shape index (κ2) is 5.86. The van der Waals surface area contributed by atoms with Gasteiger partial charge in [-0.1, -0.05) is 37.3 Å². The Kier molecular flexibility index (Phi) is 4.74. The van der Waals surface area contributed by atoms with Gasteiger partial charge >= 0.3 is 0 Å². The first kappa shape index (κ1) is 11.3. The Morgan fingerprint density at radius 3 is 2.50 bits per heavy atom. The molecule has 76 valence electrons. The first-order chi connectivity index (χ1) is 6.74. The molecule has 1 atom stereocenters. The molecule has 0 saturated carbocycles. The van der Waals surface area contributed by atoms with Crippen LogP contribution in [0.15, 0.2) is 30.3 Å². The number of thioether (sulfide) groups is 1. The van der Waals surface area contributed by atoms with E-state index in [2.05, 4.69) is 19.1 Å². The summed E-state index contributed by atoms with van der Waals surface area (Å²) in [5.74, 6) is 1.22. The van der Waals surface area contributed by atoms with Crippen LogP contribution in [-0.2, 0) is 10.5 Å². The van der Waals surface area contributed by atoms with E-state index in [1.54, 1.807) is 18.7 Å². The van der Waals surface area contributed by atoms with Crippen LogP contribution in [-0.4, -0.2) is 11.0 Å². The summed E-state index contributed by atoms with van der Waals surface area (Å²) in [5.41, 5.74) is 1.29. The summed E-state index contributed by atoms with van der Waals surface area (Å²) in [6.07, 6.45) is 0.923. The van der Waals surface area contributed by atoms with Crippen molar-refractivity contribution in [1.29, 1.82) is 0 Å². The number of carbonyl (C=O) groups excluding carboxylic acids is 1. The van der Waals surface area contributed by atoms with E-state index >= 15 is 0 Å². The van der Waals surface area contributed by atoms with Crippen molar-refractivity contribution in [2.75, 3.05) is 0 Å². The Hall–Kier alpha value is -0.760. The molecular weight excluding hydrogens is 192 g/mol. The maximum absolute atomic E-state index is 11.2. The van der Waals surface area contributed by atoms with Crippen molar-refractivity contribution in [2.45, 2.75) is 31.3 Å². The van der Waals surface area contributed by atoms with Crippen LogP contribution >= 0.6 is 11.8 Å². The summed E-state index contributed by atoms with van der Waals surface area (Å²) >= 11 is 1.73. The Labute approximate surface area is 89.9 Å². The molecule has 1 rings (SSSR count). The molecule has 0 radical (unpaired) electrons. The summed E-state index contributed by atoms with van der Waals surface area (Å²) in [5, 5.41) is 0.162. The number of hydrogen-bond acceptors (Lipinski definition) is 2. The molecule has 0 N–H and O–H groups in total. The quantitative estimate of drug-likeness (QED) is 0.738. The van der Waals surface area contributed by atoms with Gasteiger partial charge in [-0.3, -0.25) is 4.79 Å². The van der Waals surface area contributed by atoms with Crippen molar-refractivity contribution >= 4 is 17.5 Å². The number of ketones is 1. The van der Waals surface area contributed by atoms with Gasteiger partial charge < -0.3 is 0 Å². The Morgan fingerprint density at radius 2 is 2.00 bits per heavy atom. The lowest BCUT2D eigenvalue weighted by Gasteiger charge is -2.10. The third-order valence-corrected chi connectivity index (χ3v) is 3.69. The smallest absolute Gasteiger partial charge is 0.142 e. The van der Waals surface area contributed by atoms with E-state index in [-0.39, 0.29) is 11.0 Å². The molecule has 1 nitrogen and oxygen atoms in total. The average Bonchev–Trinajstić information content (AvgIpc) is 2.20. The van der Waals surface area contributed by atoms with Crippen molar-refractivity contribution in [2.24, 2.45) is 0 Å². The van der Waals surface area contributed by atoms with Gasteiger partial charge in [0.2, 0.25) is 0 Å². The van der Waals surface area contributed by atoms with E-state index in [1.165, 1.54) is 5.56 Å². The zero-order valence-corrected chi connectivity index (χ0v) is 9.51. The van der Waals surface area contributed by atoms with Crippen molar-refractivity contribution in [3.63, 3.8) is 0 Å². The third-order valence-electron chi connectivity index (χ3n) is 2.12. The molecule has 14 heavy (non-hydrogen) atoms. The highest BCUT2D eigenvalue weighted by molar-refractivity contribution is 7.99. The highest BCUT2D eigenvalue weighted by Gasteiger charge is 2.11. The van der Waals surface area contributed by atoms with E-state index in [0.717, 1.165) is 12.2 Å². The Balaban J connectivity index is 2.44. The molecule has 1 unspecified atom stereocenters. The van der Waals surface area contributed by atoms with Crippen LogP contribution in [0.3, 0.4) is 0 Å². The second-order valence-electron chi connectivity index (χ2n) is 3.30. The first-order valence-corrected chi connectivity index (χ1v) is 5.95. The van der Waals surface area contributed by atoms with Crippen molar-refractivity contribution in [1.82, 2.24) is 0 Å². The first-order valence-electron chi connectivity index (χ1n) is 4.90. The highest BCUT2D eigenvalue weighted by Crippen LogP contribution is 2.20. The van der Waals surface area contributed by atoms with Gasteiger partial charge in [-0.2, -0.15) is 0 Å². The summed E-state index contributed by atoms with van der Waals surface area (Å²) in [6.45, 7) is 3.73. The lowest BCUT2D eigenvalue weighted by molar-refractivity contribution is -0.116. The fraction of sp³-hybridized carbons (Fsp3) is 0.417. The maximum atomic E-state index is 11.2. The van der Waals surface area contributed by atoms with E-state index in [9.17, 15) is 4.79 Å². The van der Waals surface area contributed by atoms with Crippen LogP contribution in [0.4, 0.5) is 0 Å². The average molecular weight is 208 g/mol. The number of benzene rings is 1. The molecule has 2 heteroatoms. The predicted molar refractivity (Wildman–Crippen MR) is 62.5 cm³/mol. The molecule has 0 aromatic heterocycles. The third kappa shape index (κ3) is 3.54. The van der Waals surface area contributed by atoms with Crippen LogP contribution in [0, 0.1) is 0 Å². The summed E-state index contributed by atoms with van der Waals surface area (Å²) in [7, 11) is 0. The minimum absolute atomic E-state index is 0.162. The summed E-state index contributed by atoms with van der Waals surface area (Å²) in [4.78, 5) is 11.2. The van der Waals surface area contributed by atoms with Gasteiger partial charge in [0, 0.05) is 5.75 Å². The van der Waals surface area contributed by atoms with Gasteiger partial charge in [0.05, 0.1) is 5.25 Å². The Bertz CT molecular complexity index is 282. The summed E-state index contributed by atoms with van der Waals surface area (Å²) < 4.78 is 0. The van der Waals surface area contributed by atoms with Gasteiger partial charge in [0.1, 0.15) is 5.78 Å². The maximum Gasteiger partial charge on any atom is 0.142 e. The van der Waals surface area contributed by atoms with Gasteiger partial charge in [-0.05, 0) is 18.9 Å². The lowest BCUT2D eigenvalue weighted by atomic mass is 10.2. The molecule has 0 amide bonds. The topological polar surface area (TPSA) is 17.1 Å². The van der Waals surface area contributed by atoms with Gasteiger partial charge in [-0.25, -0.2) is 0 Å². The van der Waals surface area contributed by atoms with Gasteiger partial charge in [0.15, 0.2) is 0 Å². The normalized spacial score (nSPS) is 12.4. The number of rotatable bonds is 5. The van der Waals surface area contributed by atoms with Crippen LogP contribution in [0.5, 0.6) is 0 Å². The van der Waals surface area contributed by atoms with Crippen LogP contribution in [0.1, 0.15) is 25.8 Å². The highest BCUT2D eigenvalue weighted by atomic mass is 32.2. The number of hydrogen-bond donors (Lipinski definition) is 0. The minimum Gasteiger partial charge on any atom is -0.299 e. The Morgan fingerprint density at radius 1 is 1.36 bits per heavy atom. The molecule has 0 aliphatic rings. The molecule has 0 heterocycles. The van der Waals surface area contributed by atoms with Crippen molar-refractivity contribution in [3.8, 4) is 0 Å². The predicted octanol–water partition coefficient (Wildman–Crippen LogP) is 3.29. The second-order valence-corrected chi connectivity index (χ2v) is 4.50. The zero-order chi connectivity index (χ0) is 10.4. The largest absolute Gasteiger partial charge is 0.299 e. The van der Waals surface area contributed by atoms with E-state index in [4.69, 9.17) is 0 Å². The monoisotopic (exact) mass is 208 g/mol. The van der Waals surface area contributed by atoms with Crippen LogP contribution in [0.25, 0.3) is 0 Å². The van der Waals surface area contributed by atoms with Crippen LogP contribution in [0.2, 0.25) is 0 Å². The fourth-order valence-corrected chi connectivity index (χ4v) is 2.35. The molecule has 0 saturated heterocycles. The molecule has 0 aliphatic carbocycles. The standard InChI is InChI=1S/C12H16OS/c1-3-12(10(2)13)14-9-11-7-5-4-6-8-11/h4-8,12H,3,9H2,1-2H3. The minimum atomic E-state index is 0.162. The molecule has 0 aliphatic heterocycles. The van der Waals surface area contributed by atoms with E-state index < -0.39 is 0 Å². The number of Topliss-reactive ketones (excluding diaryl/α,β-unsaturated/α-hetero) is 1. The molecular formula is C12H16OS. The SMILES string of the molecule is CCC(SCc1ccccc1)C(C)=O. The van der Waals surface area contributed by atoms with E-state index in [1.807, 2.05) is 18.2 Å².